The summed E-state index contributed by atoms with van der Waals surface area (Å²) in [4.78, 5) is 35.8. The molecule has 2 unspecified atom stereocenters. The largest absolute Gasteiger partial charge is 0.381 e. The minimum absolute atomic E-state index is 0.0955. The first-order valence-electron chi connectivity index (χ1n) is 21.9. The normalized spacial score (nSPS) is 13.1. The fraction of sp³-hybridized carbons (Fsp3) is 0.953. The summed E-state index contributed by atoms with van der Waals surface area (Å²) in [5.74, 6) is -0.897. The molecule has 0 rings (SSSR count). The van der Waals surface area contributed by atoms with Crippen LogP contribution in [0.25, 0.3) is 0 Å². The number of hydrogen-bond acceptors (Lipinski definition) is 6. The molecule has 0 bridgehead atoms. The summed E-state index contributed by atoms with van der Waals surface area (Å²) in [5, 5.41) is 0. The summed E-state index contributed by atoms with van der Waals surface area (Å²) < 4.78 is 17.8. The van der Waals surface area contributed by atoms with Gasteiger partial charge in [0.25, 0.3) is 0 Å². The monoisotopic (exact) mass is 745 g/mol. The predicted octanol–water partition coefficient (Wildman–Crippen LogP) is 12.5. The highest BCUT2D eigenvalue weighted by molar-refractivity contribution is 7.40. The molecule has 0 aromatic rings. The van der Waals surface area contributed by atoms with Crippen LogP contribution in [0.3, 0.4) is 0 Å². The van der Waals surface area contributed by atoms with Gasteiger partial charge in [-0.1, -0.05) is 181 Å². The van der Waals surface area contributed by atoms with Crippen molar-refractivity contribution >= 4 is 20.2 Å². The lowest BCUT2D eigenvalue weighted by Gasteiger charge is -2.24. The Morgan fingerprint density at radius 3 is 1.31 bits per heavy atom. The molecular formula is C43H87NO6P+. The molecule has 0 amide bonds. The zero-order chi connectivity index (χ0) is 37.7. The number of rotatable bonds is 42. The maximum absolute atomic E-state index is 12.9. The average molecular weight is 745 g/mol. The second-order valence-corrected chi connectivity index (χ2v) is 17.3. The molecule has 0 spiro atoms. The third-order valence-corrected chi connectivity index (χ3v) is 10.7. The molecule has 2 atom stereocenters. The minimum atomic E-state index is -2.03. The Labute approximate surface area is 318 Å². The van der Waals surface area contributed by atoms with E-state index in [2.05, 4.69) is 35.0 Å². The molecule has 0 saturated carbocycles. The second-order valence-electron chi connectivity index (χ2n) is 16.3. The van der Waals surface area contributed by atoms with Gasteiger partial charge in [-0.25, -0.2) is 0 Å². The Morgan fingerprint density at radius 2 is 0.902 bits per heavy atom. The van der Waals surface area contributed by atoms with Crippen molar-refractivity contribution in [3.05, 3.63) is 0 Å². The van der Waals surface area contributed by atoms with Crippen LogP contribution in [0.5, 0.6) is 0 Å². The van der Waals surface area contributed by atoms with Gasteiger partial charge in [-0.05, 0) is 12.8 Å². The molecule has 0 radical (unpaired) electrons. The van der Waals surface area contributed by atoms with Gasteiger partial charge in [0.2, 0.25) is 0 Å². The number of ketones is 2. The molecule has 51 heavy (non-hydrogen) atoms. The Balaban J connectivity index is 4.21. The van der Waals surface area contributed by atoms with E-state index >= 15 is 0 Å². The van der Waals surface area contributed by atoms with Crippen molar-refractivity contribution < 1.29 is 32.7 Å². The molecule has 1 N–H and O–H groups in total. The lowest BCUT2D eigenvalue weighted by atomic mass is 9.98. The number of carbonyl (C=O) groups is 2. The maximum atomic E-state index is 12.9. The van der Waals surface area contributed by atoms with Gasteiger partial charge < -0.3 is 23.2 Å². The van der Waals surface area contributed by atoms with Crippen LogP contribution in [0.4, 0.5) is 0 Å². The van der Waals surface area contributed by atoms with Crippen molar-refractivity contribution in [2.45, 2.75) is 206 Å². The quantitative estimate of drug-likeness (QED) is 0.0290. The summed E-state index contributed by atoms with van der Waals surface area (Å²) in [6.07, 6.45) is 36.5. The van der Waals surface area contributed by atoms with E-state index in [4.69, 9.17) is 13.8 Å². The van der Waals surface area contributed by atoms with Crippen LogP contribution in [0.2, 0.25) is 0 Å². The number of nitrogens with zero attached hydrogens (tertiary/aromatic N) is 1. The van der Waals surface area contributed by atoms with Crippen molar-refractivity contribution in [1.29, 1.82) is 0 Å². The third-order valence-electron chi connectivity index (χ3n) is 9.92. The van der Waals surface area contributed by atoms with Gasteiger partial charge in [-0.2, -0.15) is 0 Å². The highest BCUT2D eigenvalue weighted by Crippen LogP contribution is 2.33. The van der Waals surface area contributed by atoms with Crippen LogP contribution in [-0.4, -0.2) is 75.1 Å². The van der Waals surface area contributed by atoms with Crippen molar-refractivity contribution in [3.8, 4) is 0 Å². The topological polar surface area (TPSA) is 82.1 Å². The standard InChI is InChI=1S/C43H87NO6P/c1-6-8-10-12-14-16-18-20-22-24-26-28-30-32-34-42(45)43(46)38-41(40-50-51(47)49-37-35-44(3,4)5)39-48-36-33-31-29-27-25-23-21-19-17-15-13-11-9-7-2/h41,47H,6-40H2,1-5H3/q+1. The smallest absolute Gasteiger partial charge is 0.330 e. The first-order chi connectivity index (χ1) is 24.7. The van der Waals surface area contributed by atoms with Crippen LogP contribution in [0.1, 0.15) is 206 Å². The average Bonchev–Trinajstić information content (AvgIpc) is 3.09. The maximum Gasteiger partial charge on any atom is 0.330 e. The van der Waals surface area contributed by atoms with Gasteiger partial charge in [-0.3, -0.25) is 9.59 Å². The molecular weight excluding hydrogens is 657 g/mol. The van der Waals surface area contributed by atoms with E-state index in [0.717, 1.165) is 43.1 Å². The van der Waals surface area contributed by atoms with E-state index in [1.165, 1.54) is 148 Å². The number of Topliss-reactive ketones (excluding diaryl/α,β-unsaturated/α-hetero) is 2. The summed E-state index contributed by atoms with van der Waals surface area (Å²) in [6.45, 7) is 6.81. The molecule has 304 valence electrons. The number of quaternary nitrogens is 1. The number of ether oxygens (including phenoxy) is 1. The van der Waals surface area contributed by atoms with Crippen LogP contribution < -0.4 is 0 Å². The summed E-state index contributed by atoms with van der Waals surface area (Å²) in [7, 11) is 4.17. The van der Waals surface area contributed by atoms with E-state index < -0.39 is 8.60 Å². The molecule has 8 heteroatoms. The van der Waals surface area contributed by atoms with Crippen molar-refractivity contribution in [2.24, 2.45) is 5.92 Å². The zero-order valence-electron chi connectivity index (χ0n) is 34.7. The van der Waals surface area contributed by atoms with Gasteiger partial charge in [0, 0.05) is 25.4 Å². The third kappa shape index (κ3) is 39.1. The predicted molar refractivity (Wildman–Crippen MR) is 218 cm³/mol. The molecule has 0 aliphatic carbocycles. The van der Waals surface area contributed by atoms with Crippen LogP contribution in [-0.2, 0) is 23.4 Å². The van der Waals surface area contributed by atoms with E-state index in [9.17, 15) is 14.5 Å². The molecule has 0 aliphatic heterocycles. The molecule has 0 aromatic heterocycles. The van der Waals surface area contributed by atoms with E-state index in [-0.39, 0.29) is 30.5 Å². The molecule has 0 fully saturated rings. The summed E-state index contributed by atoms with van der Waals surface area (Å²) >= 11 is 0. The molecule has 7 nitrogen and oxygen atoms in total. The lowest BCUT2D eigenvalue weighted by Crippen LogP contribution is -2.37. The lowest BCUT2D eigenvalue weighted by molar-refractivity contribution is -0.870. The minimum Gasteiger partial charge on any atom is -0.381 e. The molecule has 0 heterocycles. The van der Waals surface area contributed by atoms with Gasteiger partial charge in [0.05, 0.1) is 34.4 Å². The van der Waals surface area contributed by atoms with Crippen molar-refractivity contribution in [2.75, 3.05) is 54.1 Å². The number of hydrogen-bond donors (Lipinski definition) is 1. The van der Waals surface area contributed by atoms with Gasteiger partial charge in [0.15, 0.2) is 11.6 Å². The van der Waals surface area contributed by atoms with E-state index in [1.807, 2.05) is 0 Å². The fourth-order valence-electron chi connectivity index (χ4n) is 6.41. The van der Waals surface area contributed by atoms with Gasteiger partial charge >= 0.3 is 8.60 Å². The summed E-state index contributed by atoms with van der Waals surface area (Å²) in [5.41, 5.74) is 0. The first-order valence-corrected chi connectivity index (χ1v) is 23.0. The second kappa shape index (κ2) is 37.9. The fourth-order valence-corrected chi connectivity index (χ4v) is 7.06. The van der Waals surface area contributed by atoms with Crippen molar-refractivity contribution in [3.63, 3.8) is 0 Å². The highest BCUT2D eigenvalue weighted by atomic mass is 31.2. The zero-order valence-corrected chi connectivity index (χ0v) is 35.6. The Hall–Kier alpha value is -0.430. The van der Waals surface area contributed by atoms with E-state index in [0.29, 0.717) is 26.2 Å². The first kappa shape index (κ1) is 50.6. The SMILES string of the molecule is CCCCCCCCCCCCCCCCOCC(COP(O)OCC[N+](C)(C)C)CC(=O)C(=O)CCCCCCCCCCCCCCCC. The molecule has 0 aromatic carbocycles. The van der Waals surface area contributed by atoms with Crippen LogP contribution in [0.15, 0.2) is 0 Å². The number of likely N-dealkylation sites (N-methyl/N-ethyl adjacent to an activating group) is 1. The number of carbonyl (C=O) groups excluding carboxylic acids is 2. The Morgan fingerprint density at radius 1 is 0.510 bits per heavy atom. The number of unbranched alkanes of at least 4 members (excludes halogenated alkanes) is 26. The molecule has 0 aliphatic rings. The Kier molecular flexibility index (Phi) is 37.5. The summed E-state index contributed by atoms with van der Waals surface area (Å²) in [6, 6.07) is 0. The van der Waals surface area contributed by atoms with Crippen molar-refractivity contribution in [1.82, 2.24) is 0 Å². The van der Waals surface area contributed by atoms with Gasteiger partial charge in [0.1, 0.15) is 13.2 Å². The molecule has 0 saturated heterocycles. The van der Waals surface area contributed by atoms with Gasteiger partial charge in [-0.15, -0.1) is 0 Å². The highest BCUT2D eigenvalue weighted by Gasteiger charge is 2.22. The van der Waals surface area contributed by atoms with Crippen LogP contribution >= 0.6 is 8.60 Å². The Bertz CT molecular complexity index is 761. The van der Waals surface area contributed by atoms with Crippen LogP contribution in [0, 0.1) is 5.92 Å². The van der Waals surface area contributed by atoms with E-state index in [1.54, 1.807) is 0 Å².